The summed E-state index contributed by atoms with van der Waals surface area (Å²) in [5, 5.41) is 33.9. The average Bonchev–Trinajstić information content (AvgIpc) is 2.75. The molecule has 1 aromatic carbocycles. The maximum atomic E-state index is 12.6. The number of amides is 3. The molecule has 0 aliphatic heterocycles. The first-order chi connectivity index (χ1) is 15.4. The fraction of sp³-hybridized carbons (Fsp3) is 0.476. The smallest absolute Gasteiger partial charge is 0.326 e. The molecule has 1 rings (SSSR count). The lowest BCUT2D eigenvalue weighted by molar-refractivity contribution is -0.147. The number of nitrogens with two attached hydrogens (primary N) is 1. The van der Waals surface area contributed by atoms with Crippen molar-refractivity contribution in [2.75, 3.05) is 6.54 Å². The Balaban J connectivity index is 2.71. The first-order valence-corrected chi connectivity index (χ1v) is 10.3. The van der Waals surface area contributed by atoms with Gasteiger partial charge in [0, 0.05) is 0 Å². The molecule has 0 spiro atoms. The lowest BCUT2D eigenvalue weighted by Crippen LogP contribution is -2.56. The molecule has 0 aliphatic rings. The Kier molecular flexibility index (Phi) is 10.8. The molecule has 3 amide bonds. The van der Waals surface area contributed by atoms with Crippen molar-refractivity contribution in [1.29, 1.82) is 0 Å². The summed E-state index contributed by atoms with van der Waals surface area (Å²) in [7, 11) is 0. The molecule has 4 atom stereocenters. The Bertz CT molecular complexity index is 858. The van der Waals surface area contributed by atoms with Crippen LogP contribution in [0.1, 0.15) is 32.3 Å². The van der Waals surface area contributed by atoms with Gasteiger partial charge in [-0.05, 0) is 30.0 Å². The van der Waals surface area contributed by atoms with Gasteiger partial charge in [0.1, 0.15) is 17.8 Å². The second-order valence-corrected chi connectivity index (χ2v) is 7.62. The predicted octanol–water partition coefficient (Wildman–Crippen LogP) is -1.05. The summed E-state index contributed by atoms with van der Waals surface area (Å²) in [4.78, 5) is 58.9. The number of carboxylic acid groups (broad SMARTS) is 2. The lowest BCUT2D eigenvalue weighted by atomic mass is 9.97. The predicted molar refractivity (Wildman–Crippen MR) is 116 cm³/mol. The fourth-order valence-corrected chi connectivity index (χ4v) is 2.84. The van der Waals surface area contributed by atoms with E-state index in [9.17, 15) is 29.1 Å². The Morgan fingerprint density at radius 1 is 1.00 bits per heavy atom. The number of carbonyl (C=O) groups is 5. The highest BCUT2D eigenvalue weighted by Gasteiger charge is 2.29. The van der Waals surface area contributed by atoms with Crippen molar-refractivity contribution in [2.45, 2.75) is 51.2 Å². The van der Waals surface area contributed by atoms with Gasteiger partial charge in [-0.15, -0.1) is 0 Å². The van der Waals surface area contributed by atoms with Gasteiger partial charge in [-0.25, -0.2) is 4.79 Å². The molecule has 0 radical (unpaired) electrons. The zero-order chi connectivity index (χ0) is 25.1. The van der Waals surface area contributed by atoms with Gasteiger partial charge >= 0.3 is 11.9 Å². The van der Waals surface area contributed by atoms with Crippen molar-refractivity contribution in [3.05, 3.63) is 29.8 Å². The van der Waals surface area contributed by atoms with Crippen molar-refractivity contribution in [1.82, 2.24) is 16.0 Å². The van der Waals surface area contributed by atoms with Crippen LogP contribution in [-0.4, -0.2) is 69.7 Å². The van der Waals surface area contributed by atoms with E-state index in [2.05, 4.69) is 10.6 Å². The van der Waals surface area contributed by atoms with Crippen LogP contribution in [0.5, 0.6) is 5.75 Å². The van der Waals surface area contributed by atoms with Gasteiger partial charge in [0.05, 0.1) is 19.0 Å². The molecule has 4 unspecified atom stereocenters. The molecule has 0 bridgehead atoms. The van der Waals surface area contributed by atoms with Crippen LogP contribution in [0.3, 0.4) is 0 Å². The largest absolute Gasteiger partial charge is 0.508 e. The number of nitrogens with one attached hydrogen (secondary N) is 3. The molecule has 12 nitrogen and oxygen atoms in total. The zero-order valence-corrected chi connectivity index (χ0v) is 18.4. The standard InChI is InChI=1S/C21H30N4O8/c1-3-11(2)18(25-19(30)14(22)8-12-4-6-13(26)7-5-12)20(31)23-10-16(27)24-15(21(32)33)9-17(28)29/h4-7,11,14-15,18,26H,3,8-10,22H2,1-2H3,(H,23,31)(H,24,27)(H,25,30)(H,28,29)(H,32,33). The molecule has 0 aromatic heterocycles. The third-order valence-corrected chi connectivity index (χ3v) is 4.96. The van der Waals surface area contributed by atoms with Crippen molar-refractivity contribution >= 4 is 29.7 Å². The fourth-order valence-electron chi connectivity index (χ4n) is 2.84. The number of aliphatic carboxylic acids is 2. The van der Waals surface area contributed by atoms with Crippen LogP contribution in [0.15, 0.2) is 24.3 Å². The first-order valence-electron chi connectivity index (χ1n) is 10.3. The summed E-state index contributed by atoms with van der Waals surface area (Å²) >= 11 is 0. The zero-order valence-electron chi connectivity index (χ0n) is 18.4. The molecule has 1 aromatic rings. The van der Waals surface area contributed by atoms with Crippen LogP contribution < -0.4 is 21.7 Å². The molecule has 0 heterocycles. The molecule has 0 saturated carbocycles. The van der Waals surface area contributed by atoms with Gasteiger partial charge in [0.2, 0.25) is 17.7 Å². The minimum atomic E-state index is -1.64. The maximum Gasteiger partial charge on any atom is 0.326 e. The van der Waals surface area contributed by atoms with E-state index in [1.165, 1.54) is 12.1 Å². The van der Waals surface area contributed by atoms with E-state index in [0.29, 0.717) is 12.0 Å². The van der Waals surface area contributed by atoms with Crippen molar-refractivity contribution < 1.29 is 39.3 Å². The first kappa shape index (κ1) is 27.4. The average molecular weight is 466 g/mol. The number of rotatable bonds is 13. The second-order valence-electron chi connectivity index (χ2n) is 7.62. The number of hydrogen-bond donors (Lipinski definition) is 7. The second kappa shape index (κ2) is 13.0. The van der Waals surface area contributed by atoms with E-state index in [1.807, 2.05) is 12.2 Å². The van der Waals surface area contributed by atoms with Crippen LogP contribution in [0.25, 0.3) is 0 Å². The van der Waals surface area contributed by atoms with Crippen LogP contribution in [-0.2, 0) is 30.4 Å². The normalized spacial score (nSPS) is 14.3. The van der Waals surface area contributed by atoms with E-state index in [4.69, 9.17) is 15.9 Å². The highest BCUT2D eigenvalue weighted by molar-refractivity contribution is 5.93. The summed E-state index contributed by atoms with van der Waals surface area (Å²) < 4.78 is 0. The number of phenolic OH excluding ortho intramolecular Hbond substituents is 1. The summed E-state index contributed by atoms with van der Waals surface area (Å²) in [6.07, 6.45) is -0.125. The van der Waals surface area contributed by atoms with Gasteiger partial charge in [-0.2, -0.15) is 0 Å². The monoisotopic (exact) mass is 466 g/mol. The van der Waals surface area contributed by atoms with Gasteiger partial charge in [0.25, 0.3) is 0 Å². The quantitative estimate of drug-likeness (QED) is 0.189. The molecule has 33 heavy (non-hydrogen) atoms. The SMILES string of the molecule is CCC(C)C(NC(=O)C(N)Cc1ccc(O)cc1)C(=O)NCC(=O)NC(CC(=O)O)C(=O)O. The van der Waals surface area contributed by atoms with Crippen molar-refractivity contribution in [2.24, 2.45) is 11.7 Å². The Hall–Kier alpha value is -3.67. The van der Waals surface area contributed by atoms with Gasteiger partial charge < -0.3 is 37.0 Å². The van der Waals surface area contributed by atoms with Crippen LogP contribution in [0, 0.1) is 5.92 Å². The highest BCUT2D eigenvalue weighted by atomic mass is 16.4. The molecule has 0 fully saturated rings. The number of benzene rings is 1. The molecular formula is C21H30N4O8. The van der Waals surface area contributed by atoms with Crippen LogP contribution in [0.2, 0.25) is 0 Å². The number of aromatic hydroxyl groups is 1. The summed E-state index contributed by atoms with van der Waals surface area (Å²) in [5.74, 6) is -5.31. The van der Waals surface area contributed by atoms with Crippen LogP contribution >= 0.6 is 0 Å². The van der Waals surface area contributed by atoms with E-state index in [0.717, 1.165) is 0 Å². The van der Waals surface area contributed by atoms with Gasteiger partial charge in [-0.1, -0.05) is 32.4 Å². The molecule has 0 aliphatic carbocycles. The molecule has 8 N–H and O–H groups in total. The summed E-state index contributed by atoms with van der Waals surface area (Å²) in [5.41, 5.74) is 6.66. The molecule has 12 heteroatoms. The van der Waals surface area contributed by atoms with Gasteiger partial charge in [0.15, 0.2) is 0 Å². The van der Waals surface area contributed by atoms with E-state index < -0.39 is 60.8 Å². The van der Waals surface area contributed by atoms with Crippen molar-refractivity contribution in [3.63, 3.8) is 0 Å². The maximum absolute atomic E-state index is 12.6. The summed E-state index contributed by atoms with van der Waals surface area (Å²) in [6, 6.07) is 2.55. The van der Waals surface area contributed by atoms with E-state index >= 15 is 0 Å². The number of hydrogen-bond acceptors (Lipinski definition) is 7. The van der Waals surface area contributed by atoms with Gasteiger partial charge in [-0.3, -0.25) is 19.2 Å². The topological polar surface area (TPSA) is 208 Å². The Labute approximate surface area is 190 Å². The Morgan fingerprint density at radius 2 is 1.61 bits per heavy atom. The van der Waals surface area contributed by atoms with Crippen molar-refractivity contribution in [3.8, 4) is 5.75 Å². The Morgan fingerprint density at radius 3 is 2.12 bits per heavy atom. The lowest BCUT2D eigenvalue weighted by Gasteiger charge is -2.25. The van der Waals surface area contributed by atoms with E-state index in [-0.39, 0.29) is 18.1 Å². The van der Waals surface area contributed by atoms with E-state index in [1.54, 1.807) is 19.1 Å². The third-order valence-electron chi connectivity index (χ3n) is 4.96. The summed E-state index contributed by atoms with van der Waals surface area (Å²) in [6.45, 7) is 2.93. The number of phenols is 1. The molecular weight excluding hydrogens is 436 g/mol. The third kappa shape index (κ3) is 9.56. The number of carboxylic acids is 2. The van der Waals surface area contributed by atoms with Crippen LogP contribution in [0.4, 0.5) is 0 Å². The minimum Gasteiger partial charge on any atom is -0.508 e. The minimum absolute atomic E-state index is 0.0759. The molecule has 0 saturated heterocycles. The highest BCUT2D eigenvalue weighted by Crippen LogP contribution is 2.12. The number of carbonyl (C=O) groups excluding carboxylic acids is 3. The molecule has 182 valence electrons.